The number of methoxy groups -OCH3 is 1. The Labute approximate surface area is 119 Å². The third kappa shape index (κ3) is 2.41. The molecule has 0 atom stereocenters. The van der Waals surface area contributed by atoms with Crippen molar-refractivity contribution in [2.75, 3.05) is 7.11 Å². The second-order valence-electron chi connectivity index (χ2n) is 5.85. The molecule has 0 spiro atoms. The van der Waals surface area contributed by atoms with Gasteiger partial charge in [0.15, 0.2) is 0 Å². The maximum Gasteiger partial charge on any atom is 0.498 e. The molecule has 0 radical (unpaired) electrons. The minimum absolute atomic E-state index is 0.176. The second kappa shape index (κ2) is 4.79. The Bertz CT molecular complexity index is 522. The molecule has 108 valence electrons. The van der Waals surface area contributed by atoms with E-state index in [-0.39, 0.29) is 5.56 Å². The average Bonchev–Trinajstić information content (AvgIpc) is 2.57. The molecule has 0 aromatic heterocycles. The first-order chi connectivity index (χ1) is 9.18. The Hall–Kier alpha value is -1.53. The smallest absolute Gasteiger partial charge is 0.497 e. The van der Waals surface area contributed by atoms with E-state index in [0.717, 1.165) is 0 Å². The van der Waals surface area contributed by atoms with Gasteiger partial charge in [-0.05, 0) is 45.9 Å². The lowest BCUT2D eigenvalue weighted by atomic mass is 9.77. The third-order valence-corrected chi connectivity index (χ3v) is 3.98. The summed E-state index contributed by atoms with van der Waals surface area (Å²) in [5.74, 6) is -0.445. The minimum atomic E-state index is -0.995. The molecule has 0 bridgehead atoms. The van der Waals surface area contributed by atoms with E-state index in [1.807, 2.05) is 27.7 Å². The zero-order valence-corrected chi connectivity index (χ0v) is 12.4. The van der Waals surface area contributed by atoms with Crippen LogP contribution in [0.2, 0.25) is 0 Å². The average molecular weight is 278 g/mol. The fraction of sp³-hybridized carbons (Fsp3) is 0.500. The van der Waals surface area contributed by atoms with Crippen LogP contribution in [0.4, 0.5) is 0 Å². The molecule has 1 aromatic carbocycles. The van der Waals surface area contributed by atoms with Crippen LogP contribution in [0.15, 0.2) is 18.2 Å². The van der Waals surface area contributed by atoms with E-state index in [4.69, 9.17) is 19.2 Å². The molecule has 1 aliphatic rings. The molecule has 20 heavy (non-hydrogen) atoms. The molecule has 0 saturated carbocycles. The van der Waals surface area contributed by atoms with Crippen molar-refractivity contribution >= 4 is 18.6 Å². The molecule has 0 aliphatic carbocycles. The number of aromatic carboxylic acids is 1. The fourth-order valence-corrected chi connectivity index (χ4v) is 2.02. The van der Waals surface area contributed by atoms with Crippen LogP contribution >= 0.6 is 0 Å². The predicted molar refractivity (Wildman–Crippen MR) is 75.7 cm³/mol. The van der Waals surface area contributed by atoms with Crippen LogP contribution in [0.5, 0.6) is 5.75 Å². The standard InChI is InChI=1S/C14H19BO5/c1-13(2)14(3,4)20-15(19-13)10-8-9(12(16)17)6-7-11(10)18-5/h6-8H,1-5H3,(H,16,17). The summed E-state index contributed by atoms with van der Waals surface area (Å²) < 4.78 is 17.1. The lowest BCUT2D eigenvalue weighted by Gasteiger charge is -2.32. The largest absolute Gasteiger partial charge is 0.498 e. The van der Waals surface area contributed by atoms with Crippen LogP contribution in [0.1, 0.15) is 38.1 Å². The first-order valence-electron chi connectivity index (χ1n) is 6.45. The molecule has 1 saturated heterocycles. The van der Waals surface area contributed by atoms with Crippen LogP contribution in [0.3, 0.4) is 0 Å². The van der Waals surface area contributed by atoms with Crippen molar-refractivity contribution in [2.45, 2.75) is 38.9 Å². The van der Waals surface area contributed by atoms with Crippen molar-refractivity contribution in [3.05, 3.63) is 23.8 Å². The van der Waals surface area contributed by atoms with E-state index >= 15 is 0 Å². The number of benzene rings is 1. The molecule has 2 rings (SSSR count). The molecule has 1 N–H and O–H groups in total. The molecule has 1 aromatic rings. The van der Waals surface area contributed by atoms with Crippen molar-refractivity contribution in [3.63, 3.8) is 0 Å². The normalized spacial score (nSPS) is 19.9. The van der Waals surface area contributed by atoms with Crippen LogP contribution in [0, 0.1) is 0 Å². The van der Waals surface area contributed by atoms with Gasteiger partial charge in [0.2, 0.25) is 0 Å². The van der Waals surface area contributed by atoms with Crippen LogP contribution in [-0.2, 0) is 9.31 Å². The molecule has 0 unspecified atom stereocenters. The van der Waals surface area contributed by atoms with Crippen molar-refractivity contribution in [1.82, 2.24) is 0 Å². The van der Waals surface area contributed by atoms with Gasteiger partial charge in [0.1, 0.15) is 5.75 Å². The first kappa shape index (κ1) is 14.9. The Balaban J connectivity index is 2.43. The maximum atomic E-state index is 11.1. The van der Waals surface area contributed by atoms with E-state index < -0.39 is 24.3 Å². The SMILES string of the molecule is COc1ccc(C(=O)O)cc1B1OC(C)(C)C(C)(C)O1. The van der Waals surface area contributed by atoms with Crippen molar-refractivity contribution in [1.29, 1.82) is 0 Å². The number of carboxylic acids is 1. The summed E-state index contributed by atoms with van der Waals surface area (Å²) in [5, 5.41) is 9.10. The quantitative estimate of drug-likeness (QED) is 0.852. The summed E-state index contributed by atoms with van der Waals surface area (Å²) >= 11 is 0. The van der Waals surface area contributed by atoms with E-state index in [0.29, 0.717) is 11.2 Å². The van der Waals surface area contributed by atoms with Gasteiger partial charge < -0.3 is 19.2 Å². The summed E-state index contributed by atoms with van der Waals surface area (Å²) in [6.45, 7) is 7.78. The summed E-state index contributed by atoms with van der Waals surface area (Å²) in [6, 6.07) is 4.64. The lowest BCUT2D eigenvalue weighted by Crippen LogP contribution is -2.41. The number of ether oxygens (including phenoxy) is 1. The van der Waals surface area contributed by atoms with Gasteiger partial charge in [-0.3, -0.25) is 0 Å². The Morgan fingerprint density at radius 2 is 1.75 bits per heavy atom. The first-order valence-corrected chi connectivity index (χ1v) is 6.45. The highest BCUT2D eigenvalue weighted by atomic mass is 16.7. The van der Waals surface area contributed by atoms with Crippen molar-refractivity contribution in [3.8, 4) is 5.75 Å². The van der Waals surface area contributed by atoms with Gasteiger partial charge in [0.05, 0.1) is 23.9 Å². The van der Waals surface area contributed by atoms with Crippen molar-refractivity contribution < 1.29 is 23.9 Å². The van der Waals surface area contributed by atoms with E-state index in [9.17, 15) is 4.79 Å². The summed E-state index contributed by atoms with van der Waals surface area (Å²) in [6.07, 6.45) is 0. The monoisotopic (exact) mass is 278 g/mol. The number of hydrogen-bond acceptors (Lipinski definition) is 4. The summed E-state index contributed by atoms with van der Waals surface area (Å²) in [4.78, 5) is 11.1. The van der Waals surface area contributed by atoms with Gasteiger partial charge in [0.25, 0.3) is 0 Å². The van der Waals surface area contributed by atoms with Gasteiger partial charge >= 0.3 is 13.1 Å². The van der Waals surface area contributed by atoms with E-state index in [1.54, 1.807) is 6.07 Å². The lowest BCUT2D eigenvalue weighted by molar-refractivity contribution is 0.00578. The van der Waals surface area contributed by atoms with Gasteiger partial charge in [-0.25, -0.2) is 4.79 Å². The highest BCUT2D eigenvalue weighted by molar-refractivity contribution is 6.63. The van der Waals surface area contributed by atoms with Crippen LogP contribution < -0.4 is 10.2 Å². The number of carbonyl (C=O) groups is 1. The number of rotatable bonds is 3. The Morgan fingerprint density at radius 3 is 2.20 bits per heavy atom. The number of carboxylic acid groups (broad SMARTS) is 1. The van der Waals surface area contributed by atoms with Gasteiger partial charge in [-0.1, -0.05) is 0 Å². The summed E-state index contributed by atoms with van der Waals surface area (Å²) in [5.41, 5.74) is -0.203. The molecule has 5 nitrogen and oxygen atoms in total. The summed E-state index contributed by atoms with van der Waals surface area (Å²) in [7, 11) is 0.888. The zero-order valence-electron chi connectivity index (χ0n) is 12.4. The highest BCUT2D eigenvalue weighted by Gasteiger charge is 2.52. The van der Waals surface area contributed by atoms with E-state index in [1.165, 1.54) is 19.2 Å². The fourth-order valence-electron chi connectivity index (χ4n) is 2.02. The van der Waals surface area contributed by atoms with Gasteiger partial charge in [-0.15, -0.1) is 0 Å². The van der Waals surface area contributed by atoms with Crippen LogP contribution in [-0.4, -0.2) is 36.5 Å². The minimum Gasteiger partial charge on any atom is -0.497 e. The third-order valence-electron chi connectivity index (χ3n) is 3.98. The van der Waals surface area contributed by atoms with Gasteiger partial charge in [-0.2, -0.15) is 0 Å². The molecular weight excluding hydrogens is 259 g/mol. The van der Waals surface area contributed by atoms with Crippen LogP contribution in [0.25, 0.3) is 0 Å². The molecule has 1 aliphatic heterocycles. The zero-order chi connectivity index (χ0) is 15.1. The van der Waals surface area contributed by atoms with E-state index in [2.05, 4.69) is 0 Å². The molecule has 1 heterocycles. The molecule has 1 fully saturated rings. The Kier molecular flexibility index (Phi) is 3.56. The highest BCUT2D eigenvalue weighted by Crippen LogP contribution is 2.37. The topological polar surface area (TPSA) is 65.0 Å². The number of hydrogen-bond donors (Lipinski definition) is 1. The Morgan fingerprint density at radius 1 is 1.20 bits per heavy atom. The molecule has 6 heteroatoms. The predicted octanol–water partition coefficient (Wildman–Crippen LogP) is 1.69. The molecule has 0 amide bonds. The molecular formula is C14H19BO5. The maximum absolute atomic E-state index is 11.1. The van der Waals surface area contributed by atoms with Crippen molar-refractivity contribution in [2.24, 2.45) is 0 Å². The second-order valence-corrected chi connectivity index (χ2v) is 5.85. The van der Waals surface area contributed by atoms with Gasteiger partial charge in [0, 0.05) is 5.46 Å².